The fourth-order valence-corrected chi connectivity index (χ4v) is 4.32. The maximum Gasteiger partial charge on any atom is 0.387 e. The Bertz CT molecular complexity index is 672. The summed E-state index contributed by atoms with van der Waals surface area (Å²) in [6.45, 7) is -2.84. The van der Waals surface area contributed by atoms with Gasteiger partial charge in [0.25, 0.3) is 5.91 Å². The zero-order valence-electron chi connectivity index (χ0n) is 13.8. The van der Waals surface area contributed by atoms with Gasteiger partial charge in [0.2, 0.25) is 0 Å². The molecule has 1 heterocycles. The van der Waals surface area contributed by atoms with Gasteiger partial charge >= 0.3 is 6.61 Å². The van der Waals surface area contributed by atoms with Crippen LogP contribution in [0, 0.1) is 0 Å². The Morgan fingerprint density at radius 2 is 2.28 bits per heavy atom. The third-order valence-electron chi connectivity index (χ3n) is 4.60. The fraction of sp³-hybridized carbons (Fsp3) is 0.529. The molecule has 2 atom stereocenters. The van der Waals surface area contributed by atoms with Crippen molar-refractivity contribution in [3.05, 3.63) is 29.3 Å². The first-order chi connectivity index (χ1) is 12.0. The second kappa shape index (κ2) is 7.86. The zero-order valence-corrected chi connectivity index (χ0v) is 15.5. The number of benzene rings is 1. The number of hydrogen-bond acceptors (Lipinski definition) is 4. The number of rotatable bonds is 6. The van der Waals surface area contributed by atoms with Crippen molar-refractivity contribution in [3.8, 4) is 5.75 Å². The van der Waals surface area contributed by atoms with E-state index in [1.807, 2.05) is 6.26 Å². The quantitative estimate of drug-likeness (QED) is 0.758. The maximum atomic E-state index is 12.8. The molecule has 136 valence electrons. The Hall–Kier alpha value is -1.41. The third-order valence-corrected chi connectivity index (χ3v) is 5.56. The number of aryl methyl sites for hydroxylation is 1. The molecule has 0 bridgehead atoms. The minimum absolute atomic E-state index is 0.00445. The monoisotopic (exact) mass is 386 g/mol. The van der Waals surface area contributed by atoms with E-state index in [9.17, 15) is 13.6 Å². The molecular weight excluding hydrogens is 366 g/mol. The largest absolute Gasteiger partial charge is 0.435 e. The molecule has 3 rings (SSSR count). The van der Waals surface area contributed by atoms with E-state index in [0.717, 1.165) is 42.6 Å². The molecule has 4 nitrogen and oxygen atoms in total. The Kier molecular flexibility index (Phi) is 5.78. The molecule has 1 aliphatic heterocycles. The first-order valence-electron chi connectivity index (χ1n) is 8.21. The highest BCUT2D eigenvalue weighted by Gasteiger charge is 2.41. The van der Waals surface area contributed by atoms with Gasteiger partial charge in [0.1, 0.15) is 11.8 Å². The van der Waals surface area contributed by atoms with Gasteiger partial charge in [-0.15, -0.1) is 0 Å². The first-order valence-corrected chi connectivity index (χ1v) is 10.0. The van der Waals surface area contributed by atoms with Crippen LogP contribution in [0.2, 0.25) is 0 Å². The van der Waals surface area contributed by atoms with Crippen LogP contribution in [-0.4, -0.2) is 40.6 Å². The number of fused-ring (bicyclic) bond motifs is 1. The van der Waals surface area contributed by atoms with Crippen LogP contribution in [0.25, 0.3) is 0 Å². The SMILES string of the molecule is CSCCC1NC(=S)N(C2CCCc3cc(OC(F)F)ccc32)C1=O. The van der Waals surface area contributed by atoms with E-state index in [4.69, 9.17) is 12.2 Å². The number of nitrogens with one attached hydrogen (secondary N) is 1. The minimum Gasteiger partial charge on any atom is -0.435 e. The molecule has 0 aromatic heterocycles. The number of thioether (sulfide) groups is 1. The number of halogens is 2. The molecule has 1 saturated heterocycles. The fourth-order valence-electron chi connectivity index (χ4n) is 3.48. The molecule has 25 heavy (non-hydrogen) atoms. The van der Waals surface area contributed by atoms with Crippen molar-refractivity contribution >= 4 is 35.0 Å². The van der Waals surface area contributed by atoms with Crippen LogP contribution in [-0.2, 0) is 11.2 Å². The highest BCUT2D eigenvalue weighted by molar-refractivity contribution is 7.98. The standard InChI is InChI=1S/C17H20F2N2O2S2/c1-25-8-7-13-15(22)21(17(24)20-13)14-4-2-3-10-9-11(23-16(18)19)5-6-12(10)14/h5-6,9,13-14,16H,2-4,7-8H2,1H3,(H,20,24). The summed E-state index contributed by atoms with van der Waals surface area (Å²) in [7, 11) is 0. The summed E-state index contributed by atoms with van der Waals surface area (Å²) in [6, 6.07) is 4.55. The Morgan fingerprint density at radius 3 is 3.00 bits per heavy atom. The Labute approximate surface area is 155 Å². The molecule has 1 N–H and O–H groups in total. The lowest BCUT2D eigenvalue weighted by molar-refractivity contribution is -0.128. The van der Waals surface area contributed by atoms with Crippen molar-refractivity contribution in [1.29, 1.82) is 0 Å². The van der Waals surface area contributed by atoms with E-state index in [-0.39, 0.29) is 23.7 Å². The molecule has 8 heteroatoms. The summed E-state index contributed by atoms with van der Waals surface area (Å²) in [5.74, 6) is 1.04. The van der Waals surface area contributed by atoms with E-state index in [1.54, 1.807) is 28.8 Å². The second-order valence-corrected chi connectivity index (χ2v) is 7.51. The predicted molar refractivity (Wildman–Crippen MR) is 98.1 cm³/mol. The summed E-state index contributed by atoms with van der Waals surface area (Å²) in [5, 5.41) is 3.58. The number of carbonyl (C=O) groups excluding carboxylic acids is 1. The van der Waals surface area contributed by atoms with E-state index in [2.05, 4.69) is 10.1 Å². The number of hydrogen-bond donors (Lipinski definition) is 1. The highest BCUT2D eigenvalue weighted by atomic mass is 32.2. The highest BCUT2D eigenvalue weighted by Crippen LogP contribution is 2.38. The smallest absolute Gasteiger partial charge is 0.387 e. The molecule has 0 spiro atoms. The summed E-state index contributed by atoms with van der Waals surface area (Å²) in [5.41, 5.74) is 1.91. The lowest BCUT2D eigenvalue weighted by atomic mass is 9.86. The van der Waals surface area contributed by atoms with Crippen molar-refractivity contribution in [2.45, 2.75) is 44.4 Å². The normalized spacial score (nSPS) is 23.0. The van der Waals surface area contributed by atoms with Gasteiger partial charge in [-0.05, 0) is 73.2 Å². The number of thiocarbonyl (C=S) groups is 1. The summed E-state index contributed by atoms with van der Waals surface area (Å²) >= 11 is 7.10. The molecule has 2 unspecified atom stereocenters. The molecule has 1 aliphatic carbocycles. The van der Waals surface area contributed by atoms with E-state index in [0.29, 0.717) is 5.11 Å². The van der Waals surface area contributed by atoms with Crippen molar-refractivity contribution in [3.63, 3.8) is 0 Å². The van der Waals surface area contributed by atoms with Crippen molar-refractivity contribution in [2.24, 2.45) is 0 Å². The van der Waals surface area contributed by atoms with Crippen LogP contribution in [0.1, 0.15) is 36.4 Å². The number of carbonyl (C=O) groups is 1. The van der Waals surface area contributed by atoms with E-state index >= 15 is 0 Å². The van der Waals surface area contributed by atoms with Gasteiger partial charge < -0.3 is 10.1 Å². The van der Waals surface area contributed by atoms with E-state index < -0.39 is 6.61 Å². The van der Waals surface area contributed by atoms with Gasteiger partial charge in [0, 0.05) is 0 Å². The maximum absolute atomic E-state index is 12.8. The number of alkyl halides is 2. The molecule has 2 aliphatic rings. The molecule has 1 aromatic rings. The van der Waals surface area contributed by atoms with E-state index in [1.165, 1.54) is 6.07 Å². The van der Waals surface area contributed by atoms with Crippen molar-refractivity contribution in [1.82, 2.24) is 10.2 Å². The first kappa shape index (κ1) is 18.4. The Balaban J connectivity index is 1.83. The number of ether oxygens (including phenoxy) is 1. The van der Waals surface area contributed by atoms with Gasteiger partial charge in [0.05, 0.1) is 6.04 Å². The average Bonchev–Trinajstić information content (AvgIpc) is 2.85. The van der Waals surface area contributed by atoms with Gasteiger partial charge in [-0.25, -0.2) is 0 Å². The summed E-state index contributed by atoms with van der Waals surface area (Å²) in [6.07, 6.45) is 5.20. The molecule has 0 saturated carbocycles. The van der Waals surface area contributed by atoms with Gasteiger partial charge in [0.15, 0.2) is 5.11 Å². The van der Waals surface area contributed by atoms with Gasteiger partial charge in [-0.3, -0.25) is 9.69 Å². The molecule has 1 fully saturated rings. The minimum atomic E-state index is -2.84. The lowest BCUT2D eigenvalue weighted by Gasteiger charge is -2.32. The molecule has 1 aromatic carbocycles. The van der Waals surface area contributed by atoms with Crippen LogP contribution in [0.4, 0.5) is 8.78 Å². The molecule has 0 radical (unpaired) electrons. The summed E-state index contributed by atoms with van der Waals surface area (Å²) < 4.78 is 29.3. The third kappa shape index (κ3) is 3.89. The van der Waals surface area contributed by atoms with Crippen LogP contribution in [0.15, 0.2) is 18.2 Å². The second-order valence-electron chi connectivity index (χ2n) is 6.14. The lowest BCUT2D eigenvalue weighted by Crippen LogP contribution is -2.37. The van der Waals surface area contributed by atoms with Gasteiger partial charge in [-0.2, -0.15) is 20.5 Å². The van der Waals surface area contributed by atoms with Gasteiger partial charge in [-0.1, -0.05) is 6.07 Å². The van der Waals surface area contributed by atoms with Crippen LogP contribution in [0.5, 0.6) is 5.75 Å². The van der Waals surface area contributed by atoms with Crippen LogP contribution in [0.3, 0.4) is 0 Å². The van der Waals surface area contributed by atoms with Crippen molar-refractivity contribution in [2.75, 3.05) is 12.0 Å². The molecular formula is C17H20F2N2O2S2. The van der Waals surface area contributed by atoms with Crippen molar-refractivity contribution < 1.29 is 18.3 Å². The topological polar surface area (TPSA) is 41.6 Å². The zero-order chi connectivity index (χ0) is 18.0. The number of nitrogens with zero attached hydrogens (tertiary/aromatic N) is 1. The van der Waals surface area contributed by atoms with Crippen LogP contribution >= 0.6 is 24.0 Å². The predicted octanol–water partition coefficient (Wildman–Crippen LogP) is 3.50. The average molecular weight is 386 g/mol. The Morgan fingerprint density at radius 1 is 1.48 bits per heavy atom. The molecule has 1 amide bonds. The van der Waals surface area contributed by atoms with Crippen LogP contribution < -0.4 is 10.1 Å². The number of amides is 1. The summed E-state index contributed by atoms with van der Waals surface area (Å²) in [4.78, 5) is 14.5.